The topological polar surface area (TPSA) is 102 Å². The summed E-state index contributed by atoms with van der Waals surface area (Å²) in [5.41, 5.74) is 0. The molecule has 0 aromatic carbocycles. The van der Waals surface area contributed by atoms with E-state index in [0.717, 1.165) is 0 Å². The molecule has 1 aliphatic heterocycles. The molecule has 0 aliphatic carbocycles. The van der Waals surface area contributed by atoms with Gasteiger partial charge in [-0.15, -0.1) is 10.2 Å². The quantitative estimate of drug-likeness (QED) is 0.541. The third-order valence-electron chi connectivity index (χ3n) is 2.06. The first-order valence-electron chi connectivity index (χ1n) is 4.53. The molecular formula is C7H10N6O2. The van der Waals surface area contributed by atoms with E-state index in [2.05, 4.69) is 26.0 Å². The van der Waals surface area contributed by atoms with Gasteiger partial charge >= 0.3 is 0 Å². The van der Waals surface area contributed by atoms with Gasteiger partial charge in [0.25, 0.3) is 0 Å². The molecule has 1 atom stereocenters. The number of carbonyl (C=O) groups is 2. The molecule has 2 rings (SSSR count). The first kappa shape index (κ1) is 9.71. The van der Waals surface area contributed by atoms with Gasteiger partial charge in [-0.05, 0) is 5.21 Å². The van der Waals surface area contributed by atoms with Gasteiger partial charge in [0, 0.05) is 6.54 Å². The first-order chi connectivity index (χ1) is 7.25. The molecule has 0 bridgehead atoms. The van der Waals surface area contributed by atoms with Crippen LogP contribution in [0, 0.1) is 0 Å². The number of aromatic nitrogens is 4. The largest absolute Gasteiger partial charge is 0.304 e. The van der Waals surface area contributed by atoms with Gasteiger partial charge in [-0.25, -0.2) is 0 Å². The Morgan fingerprint density at radius 3 is 3.07 bits per heavy atom. The minimum Gasteiger partial charge on any atom is -0.304 e. The van der Waals surface area contributed by atoms with Gasteiger partial charge in [0.2, 0.25) is 11.8 Å². The fraction of sp³-hybridized carbons (Fsp3) is 0.571. The molecule has 80 valence electrons. The van der Waals surface area contributed by atoms with Crippen molar-refractivity contribution in [2.75, 3.05) is 6.54 Å². The van der Waals surface area contributed by atoms with Crippen molar-refractivity contribution in [1.82, 2.24) is 30.8 Å². The zero-order valence-corrected chi connectivity index (χ0v) is 7.88. The summed E-state index contributed by atoms with van der Waals surface area (Å²) in [6, 6.07) is -0.430. The maximum Gasteiger partial charge on any atom is 0.244 e. The standard InChI is InChI=1S/C7H10N6O2/c14-6-3-5(7(15)11-6)8-1-2-13-10-4-9-12-13/h4-5,8H,1-3H2,(H,11,14,15). The average molecular weight is 210 g/mol. The molecular weight excluding hydrogens is 200 g/mol. The highest BCUT2D eigenvalue weighted by Crippen LogP contribution is 2.00. The molecule has 2 amide bonds. The van der Waals surface area contributed by atoms with Crippen molar-refractivity contribution >= 4 is 11.8 Å². The molecule has 1 saturated heterocycles. The van der Waals surface area contributed by atoms with Gasteiger partial charge < -0.3 is 5.32 Å². The van der Waals surface area contributed by atoms with Crippen molar-refractivity contribution in [3.63, 3.8) is 0 Å². The molecule has 0 radical (unpaired) electrons. The molecule has 1 unspecified atom stereocenters. The monoisotopic (exact) mass is 210 g/mol. The van der Waals surface area contributed by atoms with E-state index in [9.17, 15) is 9.59 Å². The summed E-state index contributed by atoms with van der Waals surface area (Å²) in [6.45, 7) is 1.03. The molecule has 15 heavy (non-hydrogen) atoms. The van der Waals surface area contributed by atoms with Crippen molar-refractivity contribution in [2.24, 2.45) is 0 Å². The number of amides is 2. The van der Waals surface area contributed by atoms with E-state index < -0.39 is 6.04 Å². The van der Waals surface area contributed by atoms with Crippen molar-refractivity contribution in [2.45, 2.75) is 19.0 Å². The van der Waals surface area contributed by atoms with E-state index in [4.69, 9.17) is 0 Å². The summed E-state index contributed by atoms with van der Waals surface area (Å²) < 4.78 is 0. The van der Waals surface area contributed by atoms with Crippen LogP contribution in [0.15, 0.2) is 6.33 Å². The SMILES string of the molecule is O=C1CC(NCCn2ncnn2)C(=O)N1. The van der Waals surface area contributed by atoms with Crippen LogP contribution < -0.4 is 10.6 Å². The lowest BCUT2D eigenvalue weighted by Crippen LogP contribution is -2.38. The molecule has 0 spiro atoms. The summed E-state index contributed by atoms with van der Waals surface area (Å²) in [7, 11) is 0. The first-order valence-corrected chi connectivity index (χ1v) is 4.53. The van der Waals surface area contributed by atoms with Crippen molar-refractivity contribution < 1.29 is 9.59 Å². The number of hydrogen-bond donors (Lipinski definition) is 2. The van der Waals surface area contributed by atoms with E-state index in [-0.39, 0.29) is 18.2 Å². The Labute approximate surface area is 85.0 Å². The Hall–Kier alpha value is -1.83. The third-order valence-corrected chi connectivity index (χ3v) is 2.06. The number of nitrogens with one attached hydrogen (secondary N) is 2. The lowest BCUT2D eigenvalue weighted by molar-refractivity contribution is -0.125. The Bertz CT molecular complexity index is 362. The maximum absolute atomic E-state index is 11.1. The van der Waals surface area contributed by atoms with E-state index in [0.29, 0.717) is 13.1 Å². The number of carbonyl (C=O) groups excluding carboxylic acids is 2. The van der Waals surface area contributed by atoms with Crippen molar-refractivity contribution in [3.05, 3.63) is 6.33 Å². The van der Waals surface area contributed by atoms with Crippen LogP contribution in [-0.4, -0.2) is 44.6 Å². The van der Waals surface area contributed by atoms with Crippen LogP contribution in [0.1, 0.15) is 6.42 Å². The van der Waals surface area contributed by atoms with Gasteiger partial charge in [0.05, 0.1) is 19.0 Å². The summed E-state index contributed by atoms with van der Waals surface area (Å²) in [4.78, 5) is 23.4. The second-order valence-corrected chi connectivity index (χ2v) is 3.16. The molecule has 8 nitrogen and oxygen atoms in total. The predicted molar refractivity (Wildman–Crippen MR) is 47.4 cm³/mol. The van der Waals surface area contributed by atoms with E-state index >= 15 is 0 Å². The van der Waals surface area contributed by atoms with Gasteiger partial charge in [-0.3, -0.25) is 14.9 Å². The predicted octanol–water partition coefficient (Wildman–Crippen LogP) is -2.32. The average Bonchev–Trinajstić information content (AvgIpc) is 2.77. The van der Waals surface area contributed by atoms with Crippen LogP contribution in [0.5, 0.6) is 0 Å². The second kappa shape index (κ2) is 4.13. The minimum absolute atomic E-state index is 0.198. The van der Waals surface area contributed by atoms with Crippen molar-refractivity contribution in [3.8, 4) is 0 Å². The lowest BCUT2D eigenvalue weighted by Gasteiger charge is -2.07. The molecule has 1 aromatic rings. The lowest BCUT2D eigenvalue weighted by atomic mass is 10.2. The molecule has 2 N–H and O–H groups in total. The Kier molecular flexibility index (Phi) is 2.68. The third kappa shape index (κ3) is 2.34. The Balaban J connectivity index is 1.74. The van der Waals surface area contributed by atoms with Gasteiger partial charge in [-0.2, -0.15) is 4.80 Å². The van der Waals surface area contributed by atoms with Crippen LogP contribution in [0.4, 0.5) is 0 Å². The van der Waals surface area contributed by atoms with Crippen LogP contribution in [0.25, 0.3) is 0 Å². The van der Waals surface area contributed by atoms with Crippen molar-refractivity contribution in [1.29, 1.82) is 0 Å². The van der Waals surface area contributed by atoms with Crippen LogP contribution in [-0.2, 0) is 16.1 Å². The number of nitrogens with zero attached hydrogens (tertiary/aromatic N) is 4. The van der Waals surface area contributed by atoms with E-state index in [1.165, 1.54) is 11.1 Å². The fourth-order valence-electron chi connectivity index (χ4n) is 1.35. The van der Waals surface area contributed by atoms with Gasteiger partial charge in [-0.1, -0.05) is 0 Å². The number of tetrazole rings is 1. The fourth-order valence-corrected chi connectivity index (χ4v) is 1.35. The summed E-state index contributed by atoms with van der Waals surface area (Å²) in [5, 5.41) is 16.2. The number of hydrogen-bond acceptors (Lipinski definition) is 6. The van der Waals surface area contributed by atoms with E-state index in [1.807, 2.05) is 0 Å². The molecule has 1 aliphatic rings. The van der Waals surface area contributed by atoms with Gasteiger partial charge in [0.15, 0.2) is 6.33 Å². The van der Waals surface area contributed by atoms with Crippen LogP contribution >= 0.6 is 0 Å². The number of rotatable bonds is 4. The Morgan fingerprint density at radius 2 is 2.47 bits per heavy atom. The normalized spacial score (nSPS) is 20.7. The summed E-state index contributed by atoms with van der Waals surface area (Å²) in [5.74, 6) is -0.511. The number of imide groups is 1. The summed E-state index contributed by atoms with van der Waals surface area (Å²) >= 11 is 0. The van der Waals surface area contributed by atoms with Crippen LogP contribution in [0.3, 0.4) is 0 Å². The Morgan fingerprint density at radius 1 is 1.60 bits per heavy atom. The molecule has 1 aromatic heterocycles. The highest BCUT2D eigenvalue weighted by Gasteiger charge is 2.29. The maximum atomic E-state index is 11.1. The highest BCUT2D eigenvalue weighted by molar-refractivity contribution is 6.05. The van der Waals surface area contributed by atoms with E-state index in [1.54, 1.807) is 0 Å². The van der Waals surface area contributed by atoms with Crippen LogP contribution in [0.2, 0.25) is 0 Å². The molecule has 2 heterocycles. The van der Waals surface area contributed by atoms with Gasteiger partial charge in [0.1, 0.15) is 0 Å². The second-order valence-electron chi connectivity index (χ2n) is 3.16. The molecule has 8 heteroatoms. The molecule has 1 fully saturated rings. The smallest absolute Gasteiger partial charge is 0.244 e. The zero-order chi connectivity index (χ0) is 10.7. The molecule has 0 saturated carbocycles. The summed E-state index contributed by atoms with van der Waals surface area (Å²) in [6.07, 6.45) is 1.54. The zero-order valence-electron chi connectivity index (χ0n) is 7.88. The minimum atomic E-state index is -0.430. The highest BCUT2D eigenvalue weighted by atomic mass is 16.2.